The third-order valence-corrected chi connectivity index (χ3v) is 4.76. The summed E-state index contributed by atoms with van der Waals surface area (Å²) in [6, 6.07) is 3.41. The zero-order valence-electron chi connectivity index (χ0n) is 14.8. The lowest BCUT2D eigenvalue weighted by Crippen LogP contribution is -2.28. The lowest BCUT2D eigenvalue weighted by Gasteiger charge is -2.12. The summed E-state index contributed by atoms with van der Waals surface area (Å²) >= 11 is 1.07. The SMILES string of the molecule is COc1cc(/C=N/N=C2/SC(CC(=O)O)C(=O)N2C)cc(OC)c1OC. The predicted molar refractivity (Wildman–Crippen MR) is 97.5 cm³/mol. The second kappa shape index (κ2) is 8.56. The molecule has 0 saturated carbocycles. The summed E-state index contributed by atoms with van der Waals surface area (Å²) < 4.78 is 15.8. The highest BCUT2D eigenvalue weighted by Crippen LogP contribution is 2.37. The first-order valence-electron chi connectivity index (χ1n) is 7.48. The molecule has 1 N–H and O–H groups in total. The Balaban J connectivity index is 2.21. The largest absolute Gasteiger partial charge is 0.493 e. The van der Waals surface area contributed by atoms with Crippen LogP contribution in [-0.2, 0) is 9.59 Å². The van der Waals surface area contributed by atoms with Gasteiger partial charge in [0.15, 0.2) is 16.7 Å². The molecule has 1 atom stereocenters. The summed E-state index contributed by atoms with van der Waals surface area (Å²) in [5.41, 5.74) is 0.655. The second-order valence-electron chi connectivity index (χ2n) is 5.19. The van der Waals surface area contributed by atoms with Crippen LogP contribution in [0.1, 0.15) is 12.0 Å². The van der Waals surface area contributed by atoms with Crippen molar-refractivity contribution in [3.05, 3.63) is 17.7 Å². The maximum Gasteiger partial charge on any atom is 0.305 e. The number of amidine groups is 1. The second-order valence-corrected chi connectivity index (χ2v) is 6.36. The fourth-order valence-electron chi connectivity index (χ4n) is 2.27. The number of rotatable bonds is 7. The summed E-state index contributed by atoms with van der Waals surface area (Å²) in [4.78, 5) is 24.1. The number of amides is 1. The number of nitrogens with zero attached hydrogens (tertiary/aromatic N) is 3. The average molecular weight is 381 g/mol. The van der Waals surface area contributed by atoms with Crippen molar-refractivity contribution in [3.8, 4) is 17.2 Å². The first kappa shape index (κ1) is 19.6. The molecule has 0 radical (unpaired) electrons. The Morgan fingerprint density at radius 2 is 1.88 bits per heavy atom. The lowest BCUT2D eigenvalue weighted by molar-refractivity contribution is -0.139. The summed E-state index contributed by atoms with van der Waals surface area (Å²) in [5.74, 6) is 0.0761. The monoisotopic (exact) mass is 381 g/mol. The van der Waals surface area contributed by atoms with Crippen molar-refractivity contribution in [1.82, 2.24) is 4.90 Å². The van der Waals surface area contributed by atoms with Gasteiger partial charge < -0.3 is 19.3 Å². The molecule has 9 nitrogen and oxygen atoms in total. The van der Waals surface area contributed by atoms with E-state index in [0.29, 0.717) is 28.0 Å². The molecule has 2 rings (SSSR count). The summed E-state index contributed by atoms with van der Waals surface area (Å²) in [5, 5.41) is 16.5. The molecule has 1 heterocycles. The fraction of sp³-hybridized carbons (Fsp3) is 0.375. The number of carbonyl (C=O) groups excluding carboxylic acids is 1. The number of benzene rings is 1. The molecular weight excluding hydrogens is 362 g/mol. The van der Waals surface area contributed by atoms with Gasteiger partial charge >= 0.3 is 5.97 Å². The Morgan fingerprint density at radius 3 is 2.38 bits per heavy atom. The normalized spacial score (nSPS) is 18.6. The van der Waals surface area contributed by atoms with Gasteiger partial charge in [-0.1, -0.05) is 11.8 Å². The Morgan fingerprint density at radius 1 is 1.27 bits per heavy atom. The van der Waals surface area contributed by atoms with Gasteiger partial charge in [0.25, 0.3) is 0 Å². The van der Waals surface area contributed by atoms with Crippen LogP contribution in [0.25, 0.3) is 0 Å². The topological polar surface area (TPSA) is 110 Å². The molecule has 1 aliphatic rings. The number of carboxylic acid groups (broad SMARTS) is 1. The van der Waals surface area contributed by atoms with Crippen LogP contribution in [-0.4, -0.2) is 66.9 Å². The number of ether oxygens (including phenoxy) is 3. The highest BCUT2D eigenvalue weighted by atomic mass is 32.2. The van der Waals surface area contributed by atoms with Gasteiger partial charge in [-0.2, -0.15) is 5.10 Å². The minimum absolute atomic E-state index is 0.260. The smallest absolute Gasteiger partial charge is 0.305 e. The molecular formula is C16H19N3O6S. The molecule has 1 saturated heterocycles. The van der Waals surface area contributed by atoms with E-state index in [9.17, 15) is 9.59 Å². The molecule has 1 unspecified atom stereocenters. The molecule has 0 bridgehead atoms. The van der Waals surface area contributed by atoms with Gasteiger partial charge in [-0.25, -0.2) is 0 Å². The van der Waals surface area contributed by atoms with Gasteiger partial charge in [0, 0.05) is 12.6 Å². The minimum Gasteiger partial charge on any atom is -0.493 e. The van der Waals surface area contributed by atoms with Gasteiger partial charge in [0.05, 0.1) is 34.0 Å². The molecule has 1 aliphatic heterocycles. The molecule has 10 heteroatoms. The quantitative estimate of drug-likeness (QED) is 0.562. The molecule has 26 heavy (non-hydrogen) atoms. The van der Waals surface area contributed by atoms with Gasteiger partial charge in [0.2, 0.25) is 11.7 Å². The third kappa shape index (κ3) is 4.26. The Bertz CT molecular complexity index is 739. The first-order valence-corrected chi connectivity index (χ1v) is 8.36. The number of thioether (sulfide) groups is 1. The Hall–Kier alpha value is -2.75. The van der Waals surface area contributed by atoms with Crippen molar-refractivity contribution in [3.63, 3.8) is 0 Å². The predicted octanol–water partition coefficient (Wildman–Crippen LogP) is 1.45. The standard InChI is InChI=1S/C16H19N3O6S/c1-19-15(22)12(7-13(20)21)26-16(19)18-17-8-9-5-10(23-2)14(25-4)11(6-9)24-3/h5-6,8,12H,7H2,1-4H3,(H,20,21)/b17-8+,18-16+. The van der Waals surface area contributed by atoms with E-state index in [1.807, 2.05) is 0 Å². The van der Waals surface area contributed by atoms with E-state index in [-0.39, 0.29) is 12.3 Å². The third-order valence-electron chi connectivity index (χ3n) is 3.54. The summed E-state index contributed by atoms with van der Waals surface area (Å²) in [6.45, 7) is 0. The van der Waals surface area contributed by atoms with Gasteiger partial charge in [-0.05, 0) is 12.1 Å². The highest BCUT2D eigenvalue weighted by molar-refractivity contribution is 8.15. The van der Waals surface area contributed by atoms with E-state index in [0.717, 1.165) is 11.8 Å². The Kier molecular flexibility index (Phi) is 6.45. The van der Waals surface area contributed by atoms with Crippen LogP contribution >= 0.6 is 11.8 Å². The fourth-order valence-corrected chi connectivity index (χ4v) is 3.35. The zero-order chi connectivity index (χ0) is 19.3. The Labute approximate surface area is 154 Å². The molecule has 1 aromatic rings. The van der Waals surface area contributed by atoms with Crippen molar-refractivity contribution in [2.24, 2.45) is 10.2 Å². The van der Waals surface area contributed by atoms with Crippen LogP contribution in [0.4, 0.5) is 0 Å². The van der Waals surface area contributed by atoms with Crippen LogP contribution in [0.2, 0.25) is 0 Å². The molecule has 0 spiro atoms. The van der Waals surface area contributed by atoms with E-state index in [1.54, 1.807) is 12.1 Å². The maximum absolute atomic E-state index is 12.0. The van der Waals surface area contributed by atoms with Crippen molar-refractivity contribution >= 4 is 35.0 Å². The van der Waals surface area contributed by atoms with E-state index in [2.05, 4.69) is 10.2 Å². The van der Waals surface area contributed by atoms with Crippen LogP contribution in [0.5, 0.6) is 17.2 Å². The average Bonchev–Trinajstić information content (AvgIpc) is 2.88. The first-order chi connectivity index (χ1) is 12.4. The van der Waals surface area contributed by atoms with E-state index < -0.39 is 11.2 Å². The minimum atomic E-state index is -1.04. The van der Waals surface area contributed by atoms with E-state index >= 15 is 0 Å². The van der Waals surface area contributed by atoms with Crippen molar-refractivity contribution in [2.45, 2.75) is 11.7 Å². The van der Waals surface area contributed by atoms with Gasteiger partial charge in [-0.15, -0.1) is 5.10 Å². The molecule has 1 amide bonds. The summed E-state index contributed by atoms with van der Waals surface area (Å²) in [6.07, 6.45) is 1.21. The highest BCUT2D eigenvalue weighted by Gasteiger charge is 2.37. The van der Waals surface area contributed by atoms with Crippen molar-refractivity contribution < 1.29 is 28.9 Å². The van der Waals surface area contributed by atoms with Crippen LogP contribution in [0.15, 0.2) is 22.3 Å². The molecule has 1 aromatic carbocycles. The maximum atomic E-state index is 12.0. The lowest BCUT2D eigenvalue weighted by atomic mass is 10.2. The molecule has 1 fully saturated rings. The summed E-state index contributed by atoms with van der Waals surface area (Å²) in [7, 11) is 6.07. The number of hydrogen-bond acceptors (Lipinski definition) is 8. The zero-order valence-corrected chi connectivity index (χ0v) is 15.6. The number of aliphatic carboxylic acids is 1. The number of methoxy groups -OCH3 is 3. The van der Waals surface area contributed by atoms with E-state index in [1.165, 1.54) is 39.5 Å². The number of carbonyl (C=O) groups is 2. The van der Waals surface area contributed by atoms with Crippen molar-refractivity contribution in [1.29, 1.82) is 0 Å². The van der Waals surface area contributed by atoms with Crippen LogP contribution < -0.4 is 14.2 Å². The molecule has 0 aliphatic carbocycles. The number of hydrogen-bond donors (Lipinski definition) is 1. The van der Waals surface area contributed by atoms with Gasteiger partial charge in [0.1, 0.15) is 5.25 Å². The van der Waals surface area contributed by atoms with E-state index in [4.69, 9.17) is 19.3 Å². The van der Waals surface area contributed by atoms with Crippen molar-refractivity contribution in [2.75, 3.05) is 28.4 Å². The van der Waals surface area contributed by atoms with Crippen LogP contribution in [0.3, 0.4) is 0 Å². The molecule has 0 aromatic heterocycles. The van der Waals surface area contributed by atoms with Crippen LogP contribution in [0, 0.1) is 0 Å². The van der Waals surface area contributed by atoms with Gasteiger partial charge in [-0.3, -0.25) is 14.5 Å². The number of carboxylic acids is 1. The molecule has 140 valence electrons.